The van der Waals surface area contributed by atoms with Gasteiger partial charge in [-0.1, -0.05) is 36.4 Å². The van der Waals surface area contributed by atoms with E-state index in [9.17, 15) is 0 Å². The predicted molar refractivity (Wildman–Crippen MR) is 148 cm³/mol. The third-order valence-corrected chi connectivity index (χ3v) is 5.88. The number of hydrogen-bond acceptors (Lipinski definition) is 6. The minimum absolute atomic E-state index is 0.615. The van der Waals surface area contributed by atoms with Gasteiger partial charge in [-0.25, -0.2) is 0 Å². The Morgan fingerprint density at radius 1 is 0.514 bits per heavy atom. The molecule has 0 fully saturated rings. The van der Waals surface area contributed by atoms with Crippen LogP contribution in [0.15, 0.2) is 72.8 Å². The molecule has 0 heterocycles. The van der Waals surface area contributed by atoms with Gasteiger partial charge < -0.3 is 32.4 Å². The number of ether oxygens (including phenoxy) is 2. The zero-order valence-electron chi connectivity index (χ0n) is 20.8. The van der Waals surface area contributed by atoms with Crippen molar-refractivity contribution < 1.29 is 9.47 Å². The Kier molecular flexibility index (Phi) is 8.10. The summed E-state index contributed by atoms with van der Waals surface area (Å²) < 4.78 is 10.4. The first-order valence-electron chi connectivity index (χ1n) is 11.3. The first-order chi connectivity index (χ1) is 16.7. The van der Waals surface area contributed by atoms with Crippen LogP contribution in [0.25, 0.3) is 11.1 Å². The van der Waals surface area contributed by atoms with Crippen LogP contribution in [0.5, 0.6) is 11.5 Å². The van der Waals surface area contributed by atoms with Crippen LogP contribution >= 0.6 is 0 Å². The van der Waals surface area contributed by atoms with Crippen molar-refractivity contribution in [1.29, 1.82) is 0 Å². The molecule has 0 unspecified atom stereocenters. The van der Waals surface area contributed by atoms with Crippen LogP contribution in [0.1, 0.15) is 22.3 Å². The lowest BCUT2D eigenvalue weighted by atomic mass is 10.0. The average molecular weight is 471 g/mol. The first-order valence-corrected chi connectivity index (χ1v) is 11.3. The predicted octanol–water partition coefficient (Wildman–Crippen LogP) is 5.59. The highest BCUT2D eigenvalue weighted by atomic mass is 16.5. The van der Waals surface area contributed by atoms with Gasteiger partial charge in [0, 0.05) is 11.4 Å². The second-order valence-electron chi connectivity index (χ2n) is 8.47. The topological polar surface area (TPSA) is 123 Å². The number of benzene rings is 4. The molecule has 0 atom stereocenters. The quantitative estimate of drug-likeness (QED) is 0.282. The molecule has 0 aliphatic heterocycles. The maximum atomic E-state index is 5.81. The largest absolute Gasteiger partial charge is 0.495 e. The zero-order valence-corrected chi connectivity index (χ0v) is 20.8. The van der Waals surface area contributed by atoms with E-state index in [1.54, 1.807) is 14.2 Å². The number of nitrogens with two attached hydrogens (primary N) is 4. The lowest BCUT2D eigenvalue weighted by Crippen LogP contribution is -1.95. The average Bonchev–Trinajstić information content (AvgIpc) is 2.85. The Bertz CT molecular complexity index is 1220. The lowest BCUT2D eigenvalue weighted by molar-refractivity contribution is 0.416. The molecule has 0 amide bonds. The van der Waals surface area contributed by atoms with Crippen molar-refractivity contribution >= 4 is 22.7 Å². The van der Waals surface area contributed by atoms with E-state index < -0.39 is 0 Å². The molecule has 0 spiro atoms. The molecule has 0 aliphatic rings. The van der Waals surface area contributed by atoms with Crippen molar-refractivity contribution in [2.75, 3.05) is 37.2 Å². The van der Waals surface area contributed by atoms with E-state index in [0.717, 1.165) is 40.0 Å². The summed E-state index contributed by atoms with van der Waals surface area (Å²) >= 11 is 0. The van der Waals surface area contributed by atoms with Gasteiger partial charge in [-0.05, 0) is 90.0 Å². The van der Waals surface area contributed by atoms with E-state index in [1.165, 1.54) is 11.1 Å². The fraction of sp³-hybridized carbons (Fsp3) is 0.172. The first kappa shape index (κ1) is 25.3. The Morgan fingerprint density at radius 3 is 1.23 bits per heavy atom. The number of methoxy groups -OCH3 is 2. The molecule has 6 heteroatoms. The van der Waals surface area contributed by atoms with Crippen LogP contribution in [-0.2, 0) is 6.42 Å². The summed E-state index contributed by atoms with van der Waals surface area (Å²) in [6, 6.07) is 23.6. The summed E-state index contributed by atoms with van der Waals surface area (Å²) in [5.74, 6) is 1.31. The molecule has 35 heavy (non-hydrogen) atoms. The van der Waals surface area contributed by atoms with Crippen molar-refractivity contribution in [2.45, 2.75) is 20.3 Å². The number of hydrogen-bond donors (Lipinski definition) is 4. The zero-order chi connectivity index (χ0) is 25.5. The highest BCUT2D eigenvalue weighted by Gasteiger charge is 2.06. The van der Waals surface area contributed by atoms with Gasteiger partial charge in [-0.2, -0.15) is 0 Å². The molecule has 0 bridgehead atoms. The van der Waals surface area contributed by atoms with Gasteiger partial charge in [-0.3, -0.25) is 0 Å². The van der Waals surface area contributed by atoms with E-state index in [4.69, 9.17) is 32.4 Å². The van der Waals surface area contributed by atoms with E-state index in [2.05, 4.69) is 24.3 Å². The summed E-state index contributed by atoms with van der Waals surface area (Å²) in [6.45, 7) is 4.07. The Labute approximate surface area is 207 Å². The summed E-state index contributed by atoms with van der Waals surface area (Å²) in [5, 5.41) is 0. The molecule has 0 radical (unpaired) electrons. The van der Waals surface area contributed by atoms with Crippen LogP contribution < -0.4 is 32.4 Å². The van der Waals surface area contributed by atoms with E-state index in [0.29, 0.717) is 22.9 Å². The Morgan fingerprint density at radius 2 is 0.886 bits per heavy atom. The summed E-state index contributed by atoms with van der Waals surface area (Å²) in [6.07, 6.45) is 0.919. The van der Waals surface area contributed by atoms with Crippen LogP contribution in [0.3, 0.4) is 0 Å². The Hall–Kier alpha value is -4.32. The van der Waals surface area contributed by atoms with Gasteiger partial charge in [0.15, 0.2) is 0 Å². The molecule has 0 saturated heterocycles. The second kappa shape index (κ2) is 11.2. The molecule has 8 N–H and O–H groups in total. The molecule has 4 aromatic rings. The molecule has 4 aromatic carbocycles. The van der Waals surface area contributed by atoms with Crippen molar-refractivity contribution in [3.8, 4) is 22.6 Å². The SMILES string of the molecule is COc1cc(-c2ccc(N)c(OC)c2)ccc1N.Cc1cc(Cc2ccc(N)c(C)c2)ccc1N. The van der Waals surface area contributed by atoms with E-state index in [1.807, 2.05) is 62.4 Å². The molecular formula is C29H34N4O2. The minimum Gasteiger partial charge on any atom is -0.495 e. The third-order valence-electron chi connectivity index (χ3n) is 5.88. The number of aryl methyl sites for hydroxylation is 2. The van der Waals surface area contributed by atoms with Gasteiger partial charge in [-0.15, -0.1) is 0 Å². The molecule has 0 saturated carbocycles. The fourth-order valence-electron chi connectivity index (χ4n) is 3.71. The van der Waals surface area contributed by atoms with Crippen LogP contribution in [0, 0.1) is 13.8 Å². The molecule has 6 nitrogen and oxygen atoms in total. The van der Waals surface area contributed by atoms with Crippen LogP contribution in [0.2, 0.25) is 0 Å². The monoisotopic (exact) mass is 470 g/mol. The number of nitrogen functional groups attached to an aromatic ring is 4. The normalized spacial score (nSPS) is 10.3. The lowest BCUT2D eigenvalue weighted by Gasteiger charge is -2.10. The fourth-order valence-corrected chi connectivity index (χ4v) is 3.71. The van der Waals surface area contributed by atoms with Gasteiger partial charge in [0.2, 0.25) is 0 Å². The van der Waals surface area contributed by atoms with Gasteiger partial charge >= 0.3 is 0 Å². The maximum absolute atomic E-state index is 5.81. The summed E-state index contributed by atoms with van der Waals surface area (Å²) in [7, 11) is 3.19. The third kappa shape index (κ3) is 6.38. The van der Waals surface area contributed by atoms with Gasteiger partial charge in [0.05, 0.1) is 25.6 Å². The Balaban J connectivity index is 0.000000196. The van der Waals surface area contributed by atoms with Gasteiger partial charge in [0.25, 0.3) is 0 Å². The van der Waals surface area contributed by atoms with Crippen molar-refractivity contribution in [3.05, 3.63) is 95.1 Å². The van der Waals surface area contributed by atoms with E-state index in [-0.39, 0.29) is 0 Å². The second-order valence-corrected chi connectivity index (χ2v) is 8.47. The van der Waals surface area contributed by atoms with Crippen molar-refractivity contribution in [2.24, 2.45) is 0 Å². The molecule has 4 rings (SSSR count). The summed E-state index contributed by atoms with van der Waals surface area (Å²) in [4.78, 5) is 0. The molecule has 0 aromatic heterocycles. The molecule has 0 aliphatic carbocycles. The maximum Gasteiger partial charge on any atom is 0.142 e. The minimum atomic E-state index is 0.615. The molecular weight excluding hydrogens is 436 g/mol. The van der Waals surface area contributed by atoms with Crippen molar-refractivity contribution in [3.63, 3.8) is 0 Å². The van der Waals surface area contributed by atoms with Gasteiger partial charge in [0.1, 0.15) is 11.5 Å². The summed E-state index contributed by atoms with van der Waals surface area (Å²) in [5.41, 5.74) is 32.9. The highest BCUT2D eigenvalue weighted by molar-refractivity contribution is 5.73. The number of rotatable bonds is 5. The molecule has 182 valence electrons. The standard InChI is InChI=1S/C15H18N2.C14H16N2O2/c1-10-7-12(3-5-14(10)16)9-13-4-6-15(17)11(2)8-13;1-17-13-7-9(3-5-11(13)15)10-4-6-12(16)14(8-10)18-2/h3-8H,9,16-17H2,1-2H3;3-8H,15-16H2,1-2H3. The number of anilines is 4. The van der Waals surface area contributed by atoms with Crippen LogP contribution in [-0.4, -0.2) is 14.2 Å². The highest BCUT2D eigenvalue weighted by Crippen LogP contribution is 2.32. The van der Waals surface area contributed by atoms with E-state index >= 15 is 0 Å². The van der Waals surface area contributed by atoms with Crippen molar-refractivity contribution in [1.82, 2.24) is 0 Å². The van der Waals surface area contributed by atoms with Crippen LogP contribution in [0.4, 0.5) is 22.7 Å². The smallest absolute Gasteiger partial charge is 0.142 e.